The number of furan rings is 1. The molecule has 2 rings (SSSR count). The number of hydrogen-bond donors (Lipinski definition) is 2. The van der Waals surface area contributed by atoms with Crippen molar-refractivity contribution in [2.45, 2.75) is 32.7 Å². The SMILES string of the molecule is Cc1coc(CC(=O)O)c1C(=O)NC(C)Cc1cccc(Br)c1. The van der Waals surface area contributed by atoms with Gasteiger partial charge in [-0.3, -0.25) is 9.59 Å². The topological polar surface area (TPSA) is 79.5 Å². The molecule has 0 bridgehead atoms. The Balaban J connectivity index is 2.06. The molecule has 1 atom stereocenters. The molecule has 0 aliphatic carbocycles. The highest BCUT2D eigenvalue weighted by molar-refractivity contribution is 9.10. The van der Waals surface area contributed by atoms with E-state index in [1.807, 2.05) is 31.2 Å². The fourth-order valence-corrected chi connectivity index (χ4v) is 2.88. The van der Waals surface area contributed by atoms with Crippen molar-refractivity contribution in [1.82, 2.24) is 5.32 Å². The van der Waals surface area contributed by atoms with Crippen molar-refractivity contribution >= 4 is 27.8 Å². The monoisotopic (exact) mass is 379 g/mol. The van der Waals surface area contributed by atoms with Crippen LogP contribution in [0.15, 0.2) is 39.4 Å². The van der Waals surface area contributed by atoms with Crippen LogP contribution in [0, 0.1) is 6.92 Å². The third kappa shape index (κ3) is 4.69. The molecule has 0 saturated heterocycles. The van der Waals surface area contributed by atoms with Gasteiger partial charge >= 0.3 is 5.97 Å². The Labute approximate surface area is 142 Å². The molecule has 5 nitrogen and oxygen atoms in total. The van der Waals surface area contributed by atoms with Crippen LogP contribution in [-0.4, -0.2) is 23.0 Å². The minimum Gasteiger partial charge on any atom is -0.481 e. The van der Waals surface area contributed by atoms with E-state index in [-0.39, 0.29) is 24.1 Å². The van der Waals surface area contributed by atoms with E-state index in [0.29, 0.717) is 17.5 Å². The van der Waals surface area contributed by atoms with Gasteiger partial charge in [-0.1, -0.05) is 28.1 Å². The number of carbonyl (C=O) groups is 2. The Hall–Kier alpha value is -2.08. The Bertz CT molecular complexity index is 723. The summed E-state index contributed by atoms with van der Waals surface area (Å²) in [5, 5.41) is 11.8. The van der Waals surface area contributed by atoms with Crippen molar-refractivity contribution in [3.05, 3.63) is 57.5 Å². The van der Waals surface area contributed by atoms with Crippen molar-refractivity contribution in [3.63, 3.8) is 0 Å². The zero-order chi connectivity index (χ0) is 17.0. The number of benzene rings is 1. The van der Waals surface area contributed by atoms with Crippen LogP contribution < -0.4 is 5.32 Å². The van der Waals surface area contributed by atoms with Crippen LogP contribution in [0.3, 0.4) is 0 Å². The molecule has 0 aliphatic heterocycles. The number of carboxylic acid groups (broad SMARTS) is 1. The number of amides is 1. The van der Waals surface area contributed by atoms with Gasteiger partial charge in [-0.05, 0) is 38.0 Å². The molecule has 0 saturated carbocycles. The van der Waals surface area contributed by atoms with Gasteiger partial charge in [0, 0.05) is 16.1 Å². The lowest BCUT2D eigenvalue weighted by molar-refractivity contribution is -0.136. The average molecular weight is 380 g/mol. The van der Waals surface area contributed by atoms with Gasteiger partial charge in [0.15, 0.2) is 0 Å². The van der Waals surface area contributed by atoms with Gasteiger partial charge in [0.25, 0.3) is 5.91 Å². The Morgan fingerprint density at radius 1 is 1.39 bits per heavy atom. The van der Waals surface area contributed by atoms with Crippen LogP contribution in [0.5, 0.6) is 0 Å². The highest BCUT2D eigenvalue weighted by atomic mass is 79.9. The van der Waals surface area contributed by atoms with Crippen LogP contribution in [0.25, 0.3) is 0 Å². The first kappa shape index (κ1) is 17.3. The Kier molecular flexibility index (Phi) is 5.60. The van der Waals surface area contributed by atoms with Gasteiger partial charge in [-0.2, -0.15) is 0 Å². The second-order valence-electron chi connectivity index (χ2n) is 5.50. The molecule has 0 aliphatic rings. The quantitative estimate of drug-likeness (QED) is 0.806. The van der Waals surface area contributed by atoms with E-state index in [4.69, 9.17) is 9.52 Å². The van der Waals surface area contributed by atoms with Crippen LogP contribution in [0.4, 0.5) is 0 Å². The predicted molar refractivity (Wildman–Crippen MR) is 89.6 cm³/mol. The van der Waals surface area contributed by atoms with Crippen LogP contribution in [0.2, 0.25) is 0 Å². The van der Waals surface area contributed by atoms with E-state index < -0.39 is 5.97 Å². The van der Waals surface area contributed by atoms with Gasteiger partial charge in [-0.15, -0.1) is 0 Å². The first-order valence-corrected chi connectivity index (χ1v) is 8.00. The third-order valence-corrected chi connectivity index (χ3v) is 3.89. The number of carboxylic acids is 1. The standard InChI is InChI=1S/C17H18BrNO4/c1-10-9-23-14(8-15(20)21)16(10)17(22)19-11(2)6-12-4-3-5-13(18)7-12/h3-5,7,9,11H,6,8H2,1-2H3,(H,19,22)(H,20,21). The molecular weight excluding hydrogens is 362 g/mol. The maximum absolute atomic E-state index is 12.4. The van der Waals surface area contributed by atoms with Crippen LogP contribution in [0.1, 0.15) is 34.2 Å². The molecule has 2 N–H and O–H groups in total. The van der Waals surface area contributed by atoms with Crippen molar-refractivity contribution in [3.8, 4) is 0 Å². The lowest BCUT2D eigenvalue weighted by Gasteiger charge is -2.14. The van der Waals surface area contributed by atoms with Crippen LogP contribution in [-0.2, 0) is 17.6 Å². The van der Waals surface area contributed by atoms with E-state index in [1.165, 1.54) is 6.26 Å². The molecule has 6 heteroatoms. The van der Waals surface area contributed by atoms with E-state index in [0.717, 1.165) is 10.0 Å². The third-order valence-electron chi connectivity index (χ3n) is 3.40. The van der Waals surface area contributed by atoms with Crippen molar-refractivity contribution < 1.29 is 19.1 Å². The molecule has 1 heterocycles. The van der Waals surface area contributed by atoms with Crippen LogP contribution >= 0.6 is 15.9 Å². The number of aryl methyl sites for hydroxylation is 1. The summed E-state index contributed by atoms with van der Waals surface area (Å²) in [6.07, 6.45) is 1.78. The summed E-state index contributed by atoms with van der Waals surface area (Å²) in [5.41, 5.74) is 2.05. The lowest BCUT2D eigenvalue weighted by atomic mass is 10.1. The highest BCUT2D eigenvalue weighted by Gasteiger charge is 2.21. The zero-order valence-electron chi connectivity index (χ0n) is 12.9. The molecule has 122 valence electrons. The first-order chi connectivity index (χ1) is 10.9. The number of aliphatic carboxylic acids is 1. The fraction of sp³-hybridized carbons (Fsp3) is 0.294. The van der Waals surface area contributed by atoms with Gasteiger partial charge < -0.3 is 14.8 Å². The normalized spacial score (nSPS) is 12.0. The predicted octanol–water partition coefficient (Wildman–Crippen LogP) is 3.34. The summed E-state index contributed by atoms with van der Waals surface area (Å²) in [6, 6.07) is 7.79. The second-order valence-corrected chi connectivity index (χ2v) is 6.41. The van der Waals surface area contributed by atoms with Crippen molar-refractivity contribution in [1.29, 1.82) is 0 Å². The van der Waals surface area contributed by atoms with Gasteiger partial charge in [-0.25, -0.2) is 0 Å². The summed E-state index contributed by atoms with van der Waals surface area (Å²) in [4.78, 5) is 23.3. The molecule has 1 unspecified atom stereocenters. The first-order valence-electron chi connectivity index (χ1n) is 7.21. The number of nitrogens with one attached hydrogen (secondary N) is 1. The number of carbonyl (C=O) groups excluding carboxylic acids is 1. The van der Waals surface area contributed by atoms with E-state index in [9.17, 15) is 9.59 Å². The van der Waals surface area contributed by atoms with Crippen molar-refractivity contribution in [2.24, 2.45) is 0 Å². The Morgan fingerprint density at radius 2 is 2.13 bits per heavy atom. The maximum atomic E-state index is 12.4. The summed E-state index contributed by atoms with van der Waals surface area (Å²) < 4.78 is 6.18. The molecule has 0 radical (unpaired) electrons. The number of rotatable bonds is 6. The zero-order valence-corrected chi connectivity index (χ0v) is 14.5. The minimum atomic E-state index is -1.03. The summed E-state index contributed by atoms with van der Waals surface area (Å²) in [7, 11) is 0. The maximum Gasteiger partial charge on any atom is 0.311 e. The lowest BCUT2D eigenvalue weighted by Crippen LogP contribution is -2.34. The van der Waals surface area contributed by atoms with E-state index >= 15 is 0 Å². The molecular formula is C17H18BrNO4. The molecule has 1 aromatic heterocycles. The van der Waals surface area contributed by atoms with E-state index in [1.54, 1.807) is 6.92 Å². The average Bonchev–Trinajstić information content (AvgIpc) is 2.78. The largest absolute Gasteiger partial charge is 0.481 e. The smallest absolute Gasteiger partial charge is 0.311 e. The van der Waals surface area contributed by atoms with Gasteiger partial charge in [0.05, 0.1) is 11.8 Å². The molecule has 0 spiro atoms. The van der Waals surface area contributed by atoms with E-state index in [2.05, 4.69) is 21.2 Å². The minimum absolute atomic E-state index is 0.0937. The van der Waals surface area contributed by atoms with Crippen molar-refractivity contribution in [2.75, 3.05) is 0 Å². The Morgan fingerprint density at radius 3 is 2.78 bits per heavy atom. The molecule has 2 aromatic rings. The molecule has 1 amide bonds. The highest BCUT2D eigenvalue weighted by Crippen LogP contribution is 2.18. The second kappa shape index (κ2) is 7.46. The molecule has 1 aromatic carbocycles. The summed E-state index contributed by atoms with van der Waals surface area (Å²) in [6.45, 7) is 3.63. The summed E-state index contributed by atoms with van der Waals surface area (Å²) in [5.74, 6) is -1.16. The molecule has 23 heavy (non-hydrogen) atoms. The van der Waals surface area contributed by atoms with Gasteiger partial charge in [0.2, 0.25) is 0 Å². The number of halogens is 1. The molecule has 0 fully saturated rings. The van der Waals surface area contributed by atoms with Gasteiger partial charge in [0.1, 0.15) is 12.2 Å². The fourth-order valence-electron chi connectivity index (χ4n) is 2.43. The number of hydrogen-bond acceptors (Lipinski definition) is 3. The summed E-state index contributed by atoms with van der Waals surface area (Å²) >= 11 is 3.42.